The van der Waals surface area contributed by atoms with Crippen LogP contribution in [0.3, 0.4) is 0 Å². The normalized spacial score (nSPS) is 10.9. The molecule has 0 fully saturated rings. The van der Waals surface area contributed by atoms with Crippen molar-refractivity contribution in [2.45, 2.75) is 6.18 Å². The maximum absolute atomic E-state index is 13.7. The monoisotopic (exact) mass is 484 g/mol. The van der Waals surface area contributed by atoms with Gasteiger partial charge in [-0.1, -0.05) is 24.3 Å². The molecule has 0 bridgehead atoms. The molecule has 0 saturated carbocycles. The molecule has 0 radical (unpaired) electrons. The highest BCUT2D eigenvalue weighted by Crippen LogP contribution is 2.36. The van der Waals surface area contributed by atoms with Crippen LogP contribution in [0.5, 0.6) is 0 Å². The third kappa shape index (κ3) is 6.83. The number of nitrogens with one attached hydrogen (secondary N) is 3. The van der Waals surface area contributed by atoms with Gasteiger partial charge in [0, 0.05) is 42.3 Å². The SMILES string of the molecule is CN(C)C(=O)c1cccc(NC(=O)CNc2ccc(NC(=O)c3ccccc3)cc2C(F)(F)F)c1. The average molecular weight is 484 g/mol. The van der Waals surface area contributed by atoms with Crippen LogP contribution < -0.4 is 16.0 Å². The number of halogens is 3. The standard InChI is InChI=1S/C25H23F3N4O3/c1-32(2)24(35)17-9-6-10-18(13-17)30-22(33)15-29-21-12-11-19(14-20(21)25(26,27)28)31-23(34)16-7-4-3-5-8-16/h3-14,29H,15H2,1-2H3,(H,30,33)(H,31,34). The third-order valence-electron chi connectivity index (χ3n) is 4.86. The lowest BCUT2D eigenvalue weighted by molar-refractivity contribution is -0.137. The molecule has 3 rings (SSSR count). The lowest BCUT2D eigenvalue weighted by Gasteiger charge is -2.17. The zero-order valence-electron chi connectivity index (χ0n) is 18.9. The van der Waals surface area contributed by atoms with Crippen molar-refractivity contribution in [3.8, 4) is 0 Å². The van der Waals surface area contributed by atoms with E-state index in [0.29, 0.717) is 16.8 Å². The quantitative estimate of drug-likeness (QED) is 0.453. The number of hydrogen-bond acceptors (Lipinski definition) is 4. The Morgan fingerprint density at radius 2 is 1.46 bits per heavy atom. The summed E-state index contributed by atoms with van der Waals surface area (Å²) in [5, 5.41) is 7.48. The van der Waals surface area contributed by atoms with E-state index < -0.39 is 30.1 Å². The van der Waals surface area contributed by atoms with Crippen LogP contribution in [0.25, 0.3) is 0 Å². The second kappa shape index (κ2) is 10.7. The van der Waals surface area contributed by atoms with Crippen molar-refractivity contribution in [3.05, 3.63) is 89.5 Å². The molecule has 3 amide bonds. The average Bonchev–Trinajstić information content (AvgIpc) is 2.82. The van der Waals surface area contributed by atoms with Gasteiger partial charge in [0.15, 0.2) is 0 Å². The second-order valence-electron chi connectivity index (χ2n) is 7.76. The molecule has 0 saturated heterocycles. The van der Waals surface area contributed by atoms with E-state index in [1.54, 1.807) is 62.6 Å². The van der Waals surface area contributed by atoms with Gasteiger partial charge in [-0.3, -0.25) is 14.4 Å². The van der Waals surface area contributed by atoms with Gasteiger partial charge in [-0.25, -0.2) is 0 Å². The van der Waals surface area contributed by atoms with E-state index in [-0.39, 0.29) is 17.3 Å². The molecule has 7 nitrogen and oxygen atoms in total. The summed E-state index contributed by atoms with van der Waals surface area (Å²) in [5.41, 5.74) is -0.399. The Hall–Kier alpha value is -4.34. The fraction of sp³-hybridized carbons (Fsp3) is 0.160. The number of carbonyl (C=O) groups is 3. The Bertz CT molecular complexity index is 1230. The lowest BCUT2D eigenvalue weighted by atomic mass is 10.1. The van der Waals surface area contributed by atoms with Crippen LogP contribution in [0.2, 0.25) is 0 Å². The number of anilines is 3. The van der Waals surface area contributed by atoms with E-state index in [0.717, 1.165) is 12.1 Å². The molecule has 3 aromatic rings. The number of alkyl halides is 3. The fourth-order valence-corrected chi connectivity index (χ4v) is 3.17. The first-order chi connectivity index (χ1) is 16.5. The van der Waals surface area contributed by atoms with E-state index >= 15 is 0 Å². The zero-order valence-corrected chi connectivity index (χ0v) is 18.9. The van der Waals surface area contributed by atoms with E-state index in [1.807, 2.05) is 0 Å². The van der Waals surface area contributed by atoms with Gasteiger partial charge in [0.25, 0.3) is 11.8 Å². The fourth-order valence-electron chi connectivity index (χ4n) is 3.17. The van der Waals surface area contributed by atoms with Gasteiger partial charge in [0.2, 0.25) is 5.91 Å². The van der Waals surface area contributed by atoms with E-state index in [4.69, 9.17) is 0 Å². The molecule has 0 aliphatic carbocycles. The van der Waals surface area contributed by atoms with Gasteiger partial charge in [-0.2, -0.15) is 13.2 Å². The van der Waals surface area contributed by atoms with Crippen molar-refractivity contribution in [3.63, 3.8) is 0 Å². The molecule has 0 atom stereocenters. The van der Waals surface area contributed by atoms with Crippen molar-refractivity contribution < 1.29 is 27.6 Å². The number of benzene rings is 3. The van der Waals surface area contributed by atoms with Crippen LogP contribution in [0.15, 0.2) is 72.8 Å². The van der Waals surface area contributed by atoms with Crippen molar-refractivity contribution in [1.82, 2.24) is 4.90 Å². The highest BCUT2D eigenvalue weighted by Gasteiger charge is 2.34. The van der Waals surface area contributed by atoms with Crippen LogP contribution in [0.1, 0.15) is 26.3 Å². The zero-order chi connectivity index (χ0) is 25.6. The smallest absolute Gasteiger partial charge is 0.376 e. The molecule has 3 N–H and O–H groups in total. The molecule has 0 heterocycles. The highest BCUT2D eigenvalue weighted by molar-refractivity contribution is 6.04. The Morgan fingerprint density at radius 1 is 0.800 bits per heavy atom. The van der Waals surface area contributed by atoms with Gasteiger partial charge in [-0.05, 0) is 48.5 Å². The summed E-state index contributed by atoms with van der Waals surface area (Å²) >= 11 is 0. The maximum Gasteiger partial charge on any atom is 0.418 e. The minimum atomic E-state index is -4.73. The Kier molecular flexibility index (Phi) is 7.75. The number of rotatable bonds is 7. The summed E-state index contributed by atoms with van der Waals surface area (Å²) in [4.78, 5) is 38.0. The van der Waals surface area contributed by atoms with E-state index in [2.05, 4.69) is 16.0 Å². The van der Waals surface area contributed by atoms with E-state index in [1.165, 1.54) is 17.0 Å². The van der Waals surface area contributed by atoms with Gasteiger partial charge in [-0.15, -0.1) is 0 Å². The van der Waals surface area contributed by atoms with Crippen molar-refractivity contribution in [1.29, 1.82) is 0 Å². The summed E-state index contributed by atoms with van der Waals surface area (Å²) in [7, 11) is 3.18. The van der Waals surface area contributed by atoms with Crippen molar-refractivity contribution >= 4 is 34.8 Å². The number of hydrogen-bond donors (Lipinski definition) is 3. The van der Waals surface area contributed by atoms with E-state index in [9.17, 15) is 27.6 Å². The van der Waals surface area contributed by atoms with Gasteiger partial charge in [0.1, 0.15) is 0 Å². The summed E-state index contributed by atoms with van der Waals surface area (Å²) in [6, 6.07) is 17.6. The first kappa shape index (κ1) is 25.3. The summed E-state index contributed by atoms with van der Waals surface area (Å²) in [5.74, 6) is -1.41. The largest absolute Gasteiger partial charge is 0.418 e. The molecule has 182 valence electrons. The van der Waals surface area contributed by atoms with Crippen molar-refractivity contribution in [2.75, 3.05) is 36.6 Å². The first-order valence-corrected chi connectivity index (χ1v) is 10.5. The Morgan fingerprint density at radius 3 is 2.11 bits per heavy atom. The van der Waals surface area contributed by atoms with Gasteiger partial charge >= 0.3 is 6.18 Å². The molecular weight excluding hydrogens is 461 g/mol. The predicted octanol–water partition coefficient (Wildman–Crippen LogP) is 4.71. The molecule has 0 spiro atoms. The summed E-state index contributed by atoms with van der Waals surface area (Å²) in [6.07, 6.45) is -4.73. The molecule has 3 aromatic carbocycles. The molecule has 0 aliphatic heterocycles. The van der Waals surface area contributed by atoms with Gasteiger partial charge in [0.05, 0.1) is 12.1 Å². The minimum Gasteiger partial charge on any atom is -0.376 e. The number of carbonyl (C=O) groups excluding carboxylic acids is 3. The Labute approximate surface area is 199 Å². The Balaban J connectivity index is 1.69. The van der Waals surface area contributed by atoms with Crippen LogP contribution in [-0.2, 0) is 11.0 Å². The van der Waals surface area contributed by atoms with Crippen LogP contribution >= 0.6 is 0 Å². The number of nitrogens with zero attached hydrogens (tertiary/aromatic N) is 1. The summed E-state index contributed by atoms with van der Waals surface area (Å²) < 4.78 is 41.0. The molecule has 10 heteroatoms. The van der Waals surface area contributed by atoms with Gasteiger partial charge < -0.3 is 20.9 Å². The van der Waals surface area contributed by atoms with Crippen LogP contribution in [-0.4, -0.2) is 43.3 Å². The van der Waals surface area contributed by atoms with Crippen molar-refractivity contribution in [2.24, 2.45) is 0 Å². The molecule has 35 heavy (non-hydrogen) atoms. The van der Waals surface area contributed by atoms with Crippen LogP contribution in [0.4, 0.5) is 30.2 Å². The molecule has 0 aromatic heterocycles. The highest BCUT2D eigenvalue weighted by atomic mass is 19.4. The third-order valence-corrected chi connectivity index (χ3v) is 4.86. The predicted molar refractivity (Wildman–Crippen MR) is 127 cm³/mol. The minimum absolute atomic E-state index is 0.0384. The van der Waals surface area contributed by atoms with Crippen LogP contribution in [0, 0.1) is 0 Å². The lowest BCUT2D eigenvalue weighted by Crippen LogP contribution is -2.24. The molecular formula is C25H23F3N4O3. The molecule has 0 aliphatic rings. The molecule has 0 unspecified atom stereocenters. The first-order valence-electron chi connectivity index (χ1n) is 10.5. The summed E-state index contributed by atoms with van der Waals surface area (Å²) in [6.45, 7) is -0.454. The number of amides is 3. The maximum atomic E-state index is 13.7. The topological polar surface area (TPSA) is 90.5 Å². The second-order valence-corrected chi connectivity index (χ2v) is 7.76.